The van der Waals surface area contributed by atoms with Gasteiger partial charge in [-0.15, -0.1) is 0 Å². The molecule has 0 heterocycles. The Bertz CT molecular complexity index is 417. The van der Waals surface area contributed by atoms with Crippen LogP contribution in [0.2, 0.25) is 0 Å². The predicted octanol–water partition coefficient (Wildman–Crippen LogP) is 2.63. The maximum Gasteiger partial charge on any atom is 0.303 e. The summed E-state index contributed by atoms with van der Waals surface area (Å²) < 4.78 is 0. The molecule has 1 unspecified atom stereocenters. The number of carbonyl (C=O) groups excluding carboxylic acids is 1. The molecule has 110 valence electrons. The average molecular weight is 277 g/mol. The first-order valence-electron chi connectivity index (χ1n) is 7.14. The maximum atomic E-state index is 11.7. The van der Waals surface area contributed by atoms with E-state index in [-0.39, 0.29) is 12.3 Å². The highest BCUT2D eigenvalue weighted by atomic mass is 16.4. The summed E-state index contributed by atoms with van der Waals surface area (Å²) in [5, 5.41) is 11.6. The van der Waals surface area contributed by atoms with Gasteiger partial charge in [0.25, 0.3) is 0 Å². The van der Waals surface area contributed by atoms with Crippen molar-refractivity contribution in [2.75, 3.05) is 6.54 Å². The number of aliphatic carboxylic acids is 1. The zero-order valence-corrected chi connectivity index (χ0v) is 12.0. The van der Waals surface area contributed by atoms with Crippen molar-refractivity contribution in [1.29, 1.82) is 0 Å². The number of carboxylic acids is 1. The number of hydrogen-bond acceptors (Lipinski definition) is 2. The van der Waals surface area contributed by atoms with Crippen molar-refractivity contribution in [1.82, 2.24) is 5.32 Å². The predicted molar refractivity (Wildman–Crippen MR) is 78.4 cm³/mol. The molecule has 1 atom stereocenters. The first-order valence-corrected chi connectivity index (χ1v) is 7.14. The molecule has 0 spiro atoms. The van der Waals surface area contributed by atoms with E-state index in [2.05, 4.69) is 12.2 Å². The van der Waals surface area contributed by atoms with Gasteiger partial charge in [-0.2, -0.15) is 0 Å². The molecule has 0 aromatic heterocycles. The standard InChI is InChI=1S/C16H23NO3/c1-2-13(8-9-16(19)20)10-11-17-15(18)12-14-6-4-3-5-7-14/h3-7,13H,2,8-12H2,1H3,(H,17,18)(H,19,20). The van der Waals surface area contributed by atoms with Crippen LogP contribution in [0.25, 0.3) is 0 Å². The zero-order chi connectivity index (χ0) is 14.8. The van der Waals surface area contributed by atoms with E-state index >= 15 is 0 Å². The van der Waals surface area contributed by atoms with E-state index in [1.165, 1.54) is 0 Å². The van der Waals surface area contributed by atoms with Gasteiger partial charge in [-0.1, -0.05) is 43.7 Å². The number of carboxylic acid groups (broad SMARTS) is 1. The fourth-order valence-corrected chi connectivity index (χ4v) is 2.14. The van der Waals surface area contributed by atoms with Gasteiger partial charge < -0.3 is 10.4 Å². The van der Waals surface area contributed by atoms with Crippen molar-refractivity contribution >= 4 is 11.9 Å². The second kappa shape index (κ2) is 9.13. The Balaban J connectivity index is 2.21. The van der Waals surface area contributed by atoms with E-state index in [4.69, 9.17) is 5.11 Å². The number of nitrogens with one attached hydrogen (secondary N) is 1. The van der Waals surface area contributed by atoms with Crippen LogP contribution in [0, 0.1) is 5.92 Å². The molecule has 0 aliphatic rings. The van der Waals surface area contributed by atoms with Crippen molar-refractivity contribution in [3.8, 4) is 0 Å². The van der Waals surface area contributed by atoms with Gasteiger partial charge in [-0.25, -0.2) is 0 Å². The summed E-state index contributed by atoms with van der Waals surface area (Å²) in [6.07, 6.45) is 3.07. The number of hydrogen-bond donors (Lipinski definition) is 2. The second-order valence-electron chi connectivity index (χ2n) is 5.01. The number of rotatable bonds is 9. The first-order chi connectivity index (χ1) is 9.61. The summed E-state index contributed by atoms with van der Waals surface area (Å²) in [5.74, 6) is -0.371. The summed E-state index contributed by atoms with van der Waals surface area (Å²) in [7, 11) is 0. The molecule has 0 aliphatic carbocycles. The molecule has 0 saturated carbocycles. The van der Waals surface area contributed by atoms with Crippen molar-refractivity contribution in [2.45, 2.75) is 39.0 Å². The molecule has 20 heavy (non-hydrogen) atoms. The highest BCUT2D eigenvalue weighted by Gasteiger charge is 2.09. The van der Waals surface area contributed by atoms with Gasteiger partial charge in [-0.3, -0.25) is 9.59 Å². The van der Waals surface area contributed by atoms with Gasteiger partial charge in [-0.05, 0) is 24.3 Å². The topological polar surface area (TPSA) is 66.4 Å². The van der Waals surface area contributed by atoms with Gasteiger partial charge in [0.2, 0.25) is 5.91 Å². The third-order valence-corrected chi connectivity index (χ3v) is 3.43. The van der Waals surface area contributed by atoms with Crippen LogP contribution >= 0.6 is 0 Å². The van der Waals surface area contributed by atoms with Crippen LogP contribution in [0.1, 0.15) is 38.2 Å². The maximum absolute atomic E-state index is 11.7. The van der Waals surface area contributed by atoms with Crippen molar-refractivity contribution in [3.63, 3.8) is 0 Å². The zero-order valence-electron chi connectivity index (χ0n) is 12.0. The van der Waals surface area contributed by atoms with Crippen LogP contribution < -0.4 is 5.32 Å². The third-order valence-electron chi connectivity index (χ3n) is 3.43. The van der Waals surface area contributed by atoms with Crippen LogP contribution in [0.3, 0.4) is 0 Å². The van der Waals surface area contributed by atoms with E-state index < -0.39 is 5.97 Å². The molecule has 4 heteroatoms. The van der Waals surface area contributed by atoms with Crippen LogP contribution in [0.15, 0.2) is 30.3 Å². The van der Waals surface area contributed by atoms with Crippen molar-refractivity contribution in [2.24, 2.45) is 5.92 Å². The quantitative estimate of drug-likeness (QED) is 0.729. The minimum absolute atomic E-state index is 0.0179. The van der Waals surface area contributed by atoms with Crippen molar-refractivity contribution in [3.05, 3.63) is 35.9 Å². The lowest BCUT2D eigenvalue weighted by Crippen LogP contribution is -2.27. The number of amides is 1. The van der Waals surface area contributed by atoms with Gasteiger partial charge in [0.1, 0.15) is 0 Å². The molecule has 4 nitrogen and oxygen atoms in total. The summed E-state index contributed by atoms with van der Waals surface area (Å²) >= 11 is 0. The minimum atomic E-state index is -0.753. The number of carbonyl (C=O) groups is 2. The van der Waals surface area contributed by atoms with Crippen LogP contribution in [-0.2, 0) is 16.0 Å². The Hall–Kier alpha value is -1.84. The first kappa shape index (κ1) is 16.2. The van der Waals surface area contributed by atoms with Crippen LogP contribution in [-0.4, -0.2) is 23.5 Å². The minimum Gasteiger partial charge on any atom is -0.481 e. The normalized spacial score (nSPS) is 11.8. The lowest BCUT2D eigenvalue weighted by atomic mass is 9.96. The van der Waals surface area contributed by atoms with Gasteiger partial charge in [0.15, 0.2) is 0 Å². The lowest BCUT2D eigenvalue weighted by Gasteiger charge is -2.14. The Morgan fingerprint density at radius 3 is 2.50 bits per heavy atom. The van der Waals surface area contributed by atoms with E-state index in [1.807, 2.05) is 30.3 Å². The van der Waals surface area contributed by atoms with Crippen LogP contribution in [0.5, 0.6) is 0 Å². The Labute approximate surface area is 120 Å². The van der Waals surface area contributed by atoms with Crippen LogP contribution in [0.4, 0.5) is 0 Å². The summed E-state index contributed by atoms with van der Waals surface area (Å²) in [5.41, 5.74) is 1.00. The van der Waals surface area contributed by atoms with E-state index in [1.54, 1.807) is 0 Å². The molecule has 2 N–H and O–H groups in total. The molecular weight excluding hydrogens is 254 g/mol. The Morgan fingerprint density at radius 2 is 1.90 bits per heavy atom. The SMILES string of the molecule is CCC(CCNC(=O)Cc1ccccc1)CCC(=O)O. The van der Waals surface area contributed by atoms with Gasteiger partial charge in [0, 0.05) is 13.0 Å². The van der Waals surface area contributed by atoms with E-state index in [9.17, 15) is 9.59 Å². The fourth-order valence-electron chi connectivity index (χ4n) is 2.14. The molecule has 0 aliphatic heterocycles. The smallest absolute Gasteiger partial charge is 0.303 e. The summed E-state index contributed by atoms with van der Waals surface area (Å²) in [6.45, 7) is 2.67. The highest BCUT2D eigenvalue weighted by Crippen LogP contribution is 2.14. The molecule has 0 fully saturated rings. The fraction of sp³-hybridized carbons (Fsp3) is 0.500. The molecule has 1 aromatic rings. The molecule has 1 aromatic carbocycles. The third kappa shape index (κ3) is 6.92. The van der Waals surface area contributed by atoms with E-state index in [0.29, 0.717) is 25.3 Å². The highest BCUT2D eigenvalue weighted by molar-refractivity contribution is 5.78. The molecule has 1 amide bonds. The monoisotopic (exact) mass is 277 g/mol. The second-order valence-corrected chi connectivity index (χ2v) is 5.01. The summed E-state index contributed by atoms with van der Waals surface area (Å²) in [6, 6.07) is 9.63. The van der Waals surface area contributed by atoms with E-state index in [0.717, 1.165) is 18.4 Å². The number of benzene rings is 1. The Kier molecular flexibility index (Phi) is 7.40. The molecule has 0 saturated heterocycles. The lowest BCUT2D eigenvalue weighted by molar-refractivity contribution is -0.137. The largest absolute Gasteiger partial charge is 0.481 e. The van der Waals surface area contributed by atoms with Crippen molar-refractivity contribution < 1.29 is 14.7 Å². The molecule has 1 rings (SSSR count). The molecule has 0 bridgehead atoms. The summed E-state index contributed by atoms with van der Waals surface area (Å²) in [4.78, 5) is 22.3. The average Bonchev–Trinajstić information content (AvgIpc) is 2.43. The molecular formula is C16H23NO3. The molecule has 0 radical (unpaired) electrons. The Morgan fingerprint density at radius 1 is 1.20 bits per heavy atom. The van der Waals surface area contributed by atoms with Gasteiger partial charge in [0.05, 0.1) is 6.42 Å². The van der Waals surface area contributed by atoms with Gasteiger partial charge >= 0.3 is 5.97 Å².